The van der Waals surface area contributed by atoms with Crippen molar-refractivity contribution in [2.24, 2.45) is 4.99 Å². The van der Waals surface area contributed by atoms with E-state index in [1.54, 1.807) is 0 Å². The first kappa shape index (κ1) is 21.3. The summed E-state index contributed by atoms with van der Waals surface area (Å²) < 4.78 is 0. The fourth-order valence-corrected chi connectivity index (χ4v) is 5.09. The van der Waals surface area contributed by atoms with Crippen LogP contribution in [0, 0.1) is 0 Å². The van der Waals surface area contributed by atoms with Crippen LogP contribution in [-0.2, 0) is 10.8 Å². The standard InChI is InChI=1S/C28H35N/c1-10-19(5)25-22-18-23(26(6,7)8)20-16-14-15-17-21(20)24(22)27(9,11-2)28(12-3,13-4)29-25/h10,12,14-18H,1,3,5,11,13H2,2,4,6-9H3. The minimum atomic E-state index is -0.373. The lowest BCUT2D eigenvalue weighted by Gasteiger charge is -2.49. The molecule has 0 aromatic heterocycles. The van der Waals surface area contributed by atoms with Gasteiger partial charge in [0.15, 0.2) is 0 Å². The smallest absolute Gasteiger partial charge is 0.0883 e. The van der Waals surface area contributed by atoms with Crippen LogP contribution in [0.25, 0.3) is 10.8 Å². The minimum Gasteiger partial charge on any atom is -0.272 e. The number of allylic oxidation sites excluding steroid dienone is 2. The van der Waals surface area contributed by atoms with Gasteiger partial charge in [0.1, 0.15) is 0 Å². The van der Waals surface area contributed by atoms with Crippen molar-refractivity contribution in [3.05, 3.63) is 84.5 Å². The molecule has 0 radical (unpaired) electrons. The van der Waals surface area contributed by atoms with E-state index in [0.29, 0.717) is 0 Å². The molecule has 0 bridgehead atoms. The van der Waals surface area contributed by atoms with Crippen molar-refractivity contribution >= 4 is 16.5 Å². The van der Waals surface area contributed by atoms with E-state index in [1.807, 2.05) is 6.08 Å². The summed E-state index contributed by atoms with van der Waals surface area (Å²) in [4.78, 5) is 5.34. The van der Waals surface area contributed by atoms with Gasteiger partial charge in [0.2, 0.25) is 0 Å². The SMILES string of the molecule is C=CC(=C)C1=NC(C=C)(CC)C(C)(CC)c2c1cc(C(C)(C)C)c1ccccc21. The zero-order valence-electron chi connectivity index (χ0n) is 19.0. The lowest BCUT2D eigenvalue weighted by molar-refractivity contribution is 0.273. The zero-order chi connectivity index (χ0) is 21.6. The molecule has 1 nitrogen and oxygen atoms in total. The van der Waals surface area contributed by atoms with Gasteiger partial charge in [-0.3, -0.25) is 4.99 Å². The second-order valence-electron chi connectivity index (χ2n) is 9.50. The van der Waals surface area contributed by atoms with E-state index in [9.17, 15) is 0 Å². The van der Waals surface area contributed by atoms with Crippen molar-refractivity contribution in [2.75, 3.05) is 0 Å². The predicted octanol–water partition coefficient (Wildman–Crippen LogP) is 7.68. The summed E-state index contributed by atoms with van der Waals surface area (Å²) >= 11 is 0. The van der Waals surface area contributed by atoms with Gasteiger partial charge in [-0.15, -0.1) is 6.58 Å². The Labute approximate surface area is 177 Å². The summed E-state index contributed by atoms with van der Waals surface area (Å²) in [5.41, 5.74) is 5.25. The maximum Gasteiger partial charge on any atom is 0.0883 e. The molecule has 3 rings (SSSR count). The molecule has 2 aromatic carbocycles. The average Bonchev–Trinajstić information content (AvgIpc) is 2.72. The number of hydrogen-bond donors (Lipinski definition) is 0. The molecule has 0 fully saturated rings. The largest absolute Gasteiger partial charge is 0.272 e. The highest BCUT2D eigenvalue weighted by atomic mass is 14.9. The summed E-state index contributed by atoms with van der Waals surface area (Å²) in [6, 6.07) is 11.2. The molecule has 0 N–H and O–H groups in total. The van der Waals surface area contributed by atoms with Crippen LogP contribution < -0.4 is 0 Å². The molecule has 1 aliphatic heterocycles. The minimum absolute atomic E-state index is 0.0234. The molecule has 0 saturated carbocycles. The van der Waals surface area contributed by atoms with E-state index < -0.39 is 0 Å². The molecule has 0 amide bonds. The number of hydrogen-bond acceptors (Lipinski definition) is 1. The number of rotatable bonds is 5. The van der Waals surface area contributed by atoms with Gasteiger partial charge in [0.25, 0.3) is 0 Å². The lowest BCUT2D eigenvalue weighted by Crippen LogP contribution is -2.50. The molecular formula is C28H35N. The van der Waals surface area contributed by atoms with Gasteiger partial charge in [-0.1, -0.05) is 91.1 Å². The zero-order valence-corrected chi connectivity index (χ0v) is 19.0. The van der Waals surface area contributed by atoms with Crippen molar-refractivity contribution in [1.82, 2.24) is 0 Å². The Kier molecular flexibility index (Phi) is 5.24. The van der Waals surface area contributed by atoms with Crippen LogP contribution >= 0.6 is 0 Å². The highest BCUT2D eigenvalue weighted by Gasteiger charge is 2.50. The van der Waals surface area contributed by atoms with Gasteiger partial charge in [0.05, 0.1) is 11.3 Å². The van der Waals surface area contributed by atoms with Crippen molar-refractivity contribution < 1.29 is 0 Å². The van der Waals surface area contributed by atoms with Gasteiger partial charge in [0, 0.05) is 11.0 Å². The Hall–Kier alpha value is -2.41. The molecule has 0 spiro atoms. The van der Waals surface area contributed by atoms with E-state index in [-0.39, 0.29) is 16.4 Å². The number of nitrogens with zero attached hydrogens (tertiary/aromatic N) is 1. The highest BCUT2D eigenvalue weighted by molar-refractivity contribution is 6.18. The lowest BCUT2D eigenvalue weighted by atomic mass is 9.59. The highest BCUT2D eigenvalue weighted by Crippen LogP contribution is 2.52. The molecule has 152 valence electrons. The number of aliphatic imine (C=N–C) groups is 1. The molecule has 0 saturated heterocycles. The summed E-state index contributed by atoms with van der Waals surface area (Å²) in [5, 5.41) is 2.65. The first-order valence-electron chi connectivity index (χ1n) is 10.7. The Morgan fingerprint density at radius 1 is 1.07 bits per heavy atom. The Bertz CT molecular complexity index is 1030. The van der Waals surface area contributed by atoms with Gasteiger partial charge in [-0.05, 0) is 51.8 Å². The van der Waals surface area contributed by atoms with E-state index in [1.165, 1.54) is 27.5 Å². The second kappa shape index (κ2) is 7.13. The van der Waals surface area contributed by atoms with Crippen LogP contribution in [0.4, 0.5) is 0 Å². The number of fused-ring (bicyclic) bond motifs is 3. The van der Waals surface area contributed by atoms with Crippen LogP contribution in [0.1, 0.15) is 71.1 Å². The molecule has 1 heterocycles. The Morgan fingerprint density at radius 2 is 1.69 bits per heavy atom. The monoisotopic (exact) mass is 385 g/mol. The summed E-state index contributed by atoms with van der Waals surface area (Å²) in [6.07, 6.45) is 5.76. The van der Waals surface area contributed by atoms with Gasteiger partial charge < -0.3 is 0 Å². The fraction of sp³-hybridized carbons (Fsp3) is 0.393. The molecule has 2 atom stereocenters. The molecule has 2 aromatic rings. The van der Waals surface area contributed by atoms with Crippen LogP contribution in [-0.4, -0.2) is 11.3 Å². The third kappa shape index (κ3) is 2.94. The summed E-state index contributed by atoms with van der Waals surface area (Å²) in [7, 11) is 0. The fourth-order valence-electron chi connectivity index (χ4n) is 5.09. The van der Waals surface area contributed by atoms with E-state index in [0.717, 1.165) is 24.1 Å². The van der Waals surface area contributed by atoms with Gasteiger partial charge in [-0.2, -0.15) is 0 Å². The first-order valence-corrected chi connectivity index (χ1v) is 10.7. The van der Waals surface area contributed by atoms with Crippen LogP contribution in [0.3, 0.4) is 0 Å². The maximum absolute atomic E-state index is 5.34. The van der Waals surface area contributed by atoms with Gasteiger partial charge in [-0.25, -0.2) is 0 Å². The number of benzene rings is 2. The Balaban J connectivity index is 2.61. The van der Waals surface area contributed by atoms with Crippen molar-refractivity contribution in [2.45, 2.75) is 70.8 Å². The van der Waals surface area contributed by atoms with Gasteiger partial charge >= 0.3 is 0 Å². The summed E-state index contributed by atoms with van der Waals surface area (Å²) in [6.45, 7) is 26.2. The van der Waals surface area contributed by atoms with Crippen LogP contribution in [0.2, 0.25) is 0 Å². The summed E-state index contributed by atoms with van der Waals surface area (Å²) in [5.74, 6) is 0. The van der Waals surface area contributed by atoms with E-state index in [2.05, 4.69) is 97.7 Å². The van der Waals surface area contributed by atoms with E-state index in [4.69, 9.17) is 4.99 Å². The Morgan fingerprint density at radius 3 is 2.17 bits per heavy atom. The van der Waals surface area contributed by atoms with Crippen LogP contribution in [0.5, 0.6) is 0 Å². The third-order valence-corrected chi connectivity index (χ3v) is 7.06. The normalized spacial score (nSPS) is 24.0. The molecule has 29 heavy (non-hydrogen) atoms. The maximum atomic E-state index is 5.34. The second-order valence-corrected chi connectivity index (χ2v) is 9.50. The van der Waals surface area contributed by atoms with Crippen molar-refractivity contribution in [3.63, 3.8) is 0 Å². The van der Waals surface area contributed by atoms with Crippen molar-refractivity contribution in [3.8, 4) is 0 Å². The first-order chi connectivity index (χ1) is 13.6. The third-order valence-electron chi connectivity index (χ3n) is 7.06. The van der Waals surface area contributed by atoms with Crippen molar-refractivity contribution in [1.29, 1.82) is 0 Å². The quantitative estimate of drug-likeness (QED) is 0.369. The molecule has 2 unspecified atom stereocenters. The molecule has 0 aliphatic carbocycles. The molecule has 1 aliphatic rings. The average molecular weight is 386 g/mol. The molecule has 1 heteroatoms. The topological polar surface area (TPSA) is 12.4 Å². The predicted molar refractivity (Wildman–Crippen MR) is 129 cm³/mol. The molecular weight excluding hydrogens is 350 g/mol. The van der Waals surface area contributed by atoms with E-state index >= 15 is 0 Å². The van der Waals surface area contributed by atoms with Crippen LogP contribution in [0.15, 0.2) is 72.8 Å².